The van der Waals surface area contributed by atoms with Crippen LogP contribution in [-0.2, 0) is 27.9 Å². The molecule has 9 nitrogen and oxygen atoms in total. The molecule has 0 aliphatic rings. The lowest BCUT2D eigenvalue weighted by atomic mass is 10.0. The standard InChI is InChI=1S/C70H125N2O7P/c1-7-10-13-16-19-22-25-28-30-32-34-35-36-37-39-41-43-45-48-51-54-57-60-63-70(74)79-68(61-58-55-52-49-46-27-24-21-18-15-12-9-3)67(66-78-80(75,76)77-65-64-72(4,5)6)71-69(73)62-59-56-53-50-47-44-42-40-38-33-31-29-26-23-20-17-14-11-8-2/h10,13,19-20,22-23,28-31,34-35,37,39,58,61,67-68H,7-9,11-12,14-18,21,24-27,32-33,36,38,40-57,59-60,62-66H2,1-6H3,(H-,71,73,75,76)/p+1/b13-10-,22-19-,23-20-,30-28-,31-29-,35-34-,39-37-,61-58+. The summed E-state index contributed by atoms with van der Waals surface area (Å²) in [6.45, 7) is 6.87. The molecule has 0 saturated heterocycles. The quantitative estimate of drug-likeness (QED) is 0.0205. The van der Waals surface area contributed by atoms with E-state index in [1.165, 1.54) is 128 Å². The fourth-order valence-corrected chi connectivity index (χ4v) is 9.91. The van der Waals surface area contributed by atoms with Crippen LogP contribution in [0.1, 0.15) is 284 Å². The van der Waals surface area contributed by atoms with Crippen LogP contribution in [-0.4, -0.2) is 74.3 Å². The van der Waals surface area contributed by atoms with Gasteiger partial charge in [-0.3, -0.25) is 18.6 Å². The number of ether oxygens (including phenoxy) is 1. The number of rotatable bonds is 59. The third-order valence-corrected chi connectivity index (χ3v) is 15.2. The summed E-state index contributed by atoms with van der Waals surface area (Å²) in [6, 6.07) is -0.861. The molecule has 0 fully saturated rings. The summed E-state index contributed by atoms with van der Waals surface area (Å²) in [4.78, 5) is 37.8. The third kappa shape index (κ3) is 59.5. The van der Waals surface area contributed by atoms with Crippen LogP contribution < -0.4 is 5.32 Å². The van der Waals surface area contributed by atoms with E-state index in [4.69, 9.17) is 13.8 Å². The summed E-state index contributed by atoms with van der Waals surface area (Å²) in [7, 11) is 1.48. The monoisotopic (exact) mass is 1140 g/mol. The van der Waals surface area contributed by atoms with Crippen LogP contribution in [0.4, 0.5) is 0 Å². The van der Waals surface area contributed by atoms with Crippen molar-refractivity contribution in [2.75, 3.05) is 40.9 Å². The molecule has 0 heterocycles. The fraction of sp³-hybridized carbons (Fsp3) is 0.743. The van der Waals surface area contributed by atoms with Crippen molar-refractivity contribution in [2.45, 2.75) is 296 Å². The van der Waals surface area contributed by atoms with E-state index in [1.807, 2.05) is 33.3 Å². The number of phosphoric ester groups is 1. The Morgan fingerprint density at radius 3 is 1.23 bits per heavy atom. The van der Waals surface area contributed by atoms with Gasteiger partial charge in [0.1, 0.15) is 19.3 Å². The molecule has 0 saturated carbocycles. The summed E-state index contributed by atoms with van der Waals surface area (Å²) < 4.78 is 30.8. The zero-order valence-corrected chi connectivity index (χ0v) is 53.7. The van der Waals surface area contributed by atoms with Crippen molar-refractivity contribution in [3.8, 4) is 0 Å². The number of quaternary nitrogens is 1. The van der Waals surface area contributed by atoms with E-state index >= 15 is 0 Å². The van der Waals surface area contributed by atoms with Crippen molar-refractivity contribution in [1.29, 1.82) is 0 Å². The van der Waals surface area contributed by atoms with Gasteiger partial charge in [0, 0.05) is 12.8 Å². The van der Waals surface area contributed by atoms with E-state index < -0.39 is 20.0 Å². The number of nitrogens with zero attached hydrogens (tertiary/aromatic N) is 1. The van der Waals surface area contributed by atoms with Gasteiger partial charge in [-0.15, -0.1) is 0 Å². The lowest BCUT2D eigenvalue weighted by Crippen LogP contribution is -2.47. The highest BCUT2D eigenvalue weighted by Crippen LogP contribution is 2.43. The summed E-state index contributed by atoms with van der Waals surface area (Å²) in [6.07, 6.45) is 79.7. The number of hydrogen-bond acceptors (Lipinski definition) is 6. The van der Waals surface area contributed by atoms with E-state index in [-0.39, 0.29) is 31.5 Å². The molecular formula is C70H126N2O7P+. The van der Waals surface area contributed by atoms with Gasteiger partial charge in [-0.1, -0.05) is 260 Å². The van der Waals surface area contributed by atoms with Crippen molar-refractivity contribution >= 4 is 19.7 Å². The number of carbonyl (C=O) groups excluding carboxylic acids is 2. The minimum Gasteiger partial charge on any atom is -0.456 e. The lowest BCUT2D eigenvalue weighted by Gasteiger charge is -2.27. The Morgan fingerprint density at radius 2 is 0.800 bits per heavy atom. The number of hydrogen-bond donors (Lipinski definition) is 2. The third-order valence-electron chi connectivity index (χ3n) is 14.3. The molecule has 80 heavy (non-hydrogen) atoms. The SMILES string of the molecule is CC/C=C\C/C=C\C/C=C\C/C=C\C/C=C\CCCCCCCCCC(=O)OC(/C=C/CCCCCCCCCCCC)C(COP(=O)(O)OCC[N+](C)(C)C)NC(=O)CCCCCCCCCCC/C=C\C/C=C\CCCCC. The lowest BCUT2D eigenvalue weighted by molar-refractivity contribution is -0.870. The van der Waals surface area contributed by atoms with Crippen LogP contribution in [0.25, 0.3) is 0 Å². The summed E-state index contributed by atoms with van der Waals surface area (Å²) in [5.41, 5.74) is 0. The predicted molar refractivity (Wildman–Crippen MR) is 346 cm³/mol. The van der Waals surface area contributed by atoms with E-state index in [1.54, 1.807) is 0 Å². The molecule has 0 radical (unpaired) electrons. The number of likely N-dealkylation sites (N-methyl/N-ethyl adjacent to an activating group) is 1. The Hall–Kier alpha value is -3.07. The largest absolute Gasteiger partial charge is 0.472 e. The molecule has 0 aromatic rings. The molecule has 3 atom stereocenters. The molecule has 10 heteroatoms. The molecule has 462 valence electrons. The predicted octanol–water partition coefficient (Wildman–Crippen LogP) is 20.7. The van der Waals surface area contributed by atoms with Gasteiger partial charge in [0.2, 0.25) is 5.91 Å². The minimum atomic E-state index is -4.46. The zero-order chi connectivity index (χ0) is 58.6. The van der Waals surface area contributed by atoms with Gasteiger partial charge in [-0.05, 0) is 109 Å². The normalized spacial score (nSPS) is 14.2. The van der Waals surface area contributed by atoms with Crippen molar-refractivity contribution in [1.82, 2.24) is 5.32 Å². The summed E-state index contributed by atoms with van der Waals surface area (Å²) >= 11 is 0. The second kappa shape index (κ2) is 59.1. The van der Waals surface area contributed by atoms with Crippen molar-refractivity contribution in [3.05, 3.63) is 97.2 Å². The van der Waals surface area contributed by atoms with Gasteiger partial charge in [0.15, 0.2) is 0 Å². The van der Waals surface area contributed by atoms with Crippen molar-refractivity contribution < 1.29 is 37.3 Å². The Labute approximate surface area is 494 Å². The van der Waals surface area contributed by atoms with E-state index in [2.05, 4.69) is 111 Å². The van der Waals surface area contributed by atoms with E-state index in [0.29, 0.717) is 17.4 Å². The van der Waals surface area contributed by atoms with Crippen LogP contribution >= 0.6 is 7.82 Å². The van der Waals surface area contributed by atoms with Gasteiger partial charge in [-0.2, -0.15) is 0 Å². The van der Waals surface area contributed by atoms with E-state index in [9.17, 15) is 19.0 Å². The molecule has 1 amide bonds. The second-order valence-corrected chi connectivity index (χ2v) is 24.7. The summed E-state index contributed by atoms with van der Waals surface area (Å²) in [5.74, 6) is -0.522. The number of unbranched alkanes of at least 4 members (excludes halogenated alkanes) is 29. The maximum atomic E-state index is 13.6. The van der Waals surface area contributed by atoms with Gasteiger partial charge < -0.3 is 19.4 Å². The highest BCUT2D eigenvalue weighted by Gasteiger charge is 2.30. The average Bonchev–Trinajstić information content (AvgIpc) is 3.43. The van der Waals surface area contributed by atoms with Gasteiger partial charge in [-0.25, -0.2) is 4.57 Å². The molecule has 3 unspecified atom stereocenters. The Balaban J connectivity index is 5.21. The first-order valence-electron chi connectivity index (χ1n) is 33.1. The van der Waals surface area contributed by atoms with Crippen LogP contribution in [0, 0.1) is 0 Å². The zero-order valence-electron chi connectivity index (χ0n) is 52.8. The van der Waals surface area contributed by atoms with Gasteiger partial charge in [0.05, 0.1) is 33.8 Å². The molecule has 0 rings (SSSR count). The van der Waals surface area contributed by atoms with Crippen molar-refractivity contribution in [2.24, 2.45) is 0 Å². The van der Waals surface area contributed by atoms with Crippen LogP contribution in [0.2, 0.25) is 0 Å². The molecule has 0 aromatic carbocycles. The van der Waals surface area contributed by atoms with Crippen LogP contribution in [0.5, 0.6) is 0 Å². The highest BCUT2D eigenvalue weighted by atomic mass is 31.2. The average molecular weight is 1140 g/mol. The Morgan fingerprint density at radius 1 is 0.450 bits per heavy atom. The number of nitrogens with one attached hydrogen (secondary N) is 1. The minimum absolute atomic E-state index is 0.0335. The van der Waals surface area contributed by atoms with Crippen molar-refractivity contribution in [3.63, 3.8) is 0 Å². The molecule has 0 spiro atoms. The van der Waals surface area contributed by atoms with E-state index in [0.717, 1.165) is 122 Å². The second-order valence-electron chi connectivity index (χ2n) is 23.3. The Kier molecular flexibility index (Phi) is 56.8. The smallest absolute Gasteiger partial charge is 0.456 e. The number of allylic oxidation sites excluding steroid dienone is 15. The first-order chi connectivity index (χ1) is 38.9. The molecule has 2 N–H and O–H groups in total. The molecule has 0 aromatic heterocycles. The van der Waals surface area contributed by atoms with Crippen LogP contribution in [0.15, 0.2) is 97.2 Å². The number of esters is 1. The highest BCUT2D eigenvalue weighted by molar-refractivity contribution is 7.47. The Bertz CT molecular complexity index is 1690. The molecule has 0 aliphatic heterocycles. The first-order valence-corrected chi connectivity index (χ1v) is 34.6. The number of amides is 1. The number of phosphoric acid groups is 1. The first kappa shape index (κ1) is 76.9. The molecular weight excluding hydrogens is 1010 g/mol. The van der Waals surface area contributed by atoms with Gasteiger partial charge >= 0.3 is 13.8 Å². The molecule has 0 bridgehead atoms. The topological polar surface area (TPSA) is 111 Å². The summed E-state index contributed by atoms with van der Waals surface area (Å²) in [5, 5.41) is 3.06. The fourth-order valence-electron chi connectivity index (χ4n) is 9.17. The maximum absolute atomic E-state index is 13.6. The van der Waals surface area contributed by atoms with Gasteiger partial charge in [0.25, 0.3) is 0 Å². The number of carbonyl (C=O) groups is 2. The maximum Gasteiger partial charge on any atom is 0.472 e. The molecule has 0 aliphatic carbocycles. The van der Waals surface area contributed by atoms with Crippen LogP contribution in [0.3, 0.4) is 0 Å².